The van der Waals surface area contributed by atoms with Crippen molar-refractivity contribution in [2.45, 2.75) is 19.8 Å². The van der Waals surface area contributed by atoms with E-state index in [4.69, 9.17) is 0 Å². The van der Waals surface area contributed by atoms with Crippen LogP contribution in [0.25, 0.3) is 0 Å². The molecule has 5 heteroatoms. The van der Waals surface area contributed by atoms with Crippen molar-refractivity contribution in [1.82, 2.24) is 9.97 Å². The van der Waals surface area contributed by atoms with E-state index in [1.807, 2.05) is 13.1 Å². The molecule has 0 aliphatic carbocycles. The minimum atomic E-state index is 0.711. The lowest BCUT2D eigenvalue weighted by molar-refractivity contribution is 0.919. The van der Waals surface area contributed by atoms with Crippen LogP contribution in [0.3, 0.4) is 0 Å². The Morgan fingerprint density at radius 2 is 2.20 bits per heavy atom. The van der Waals surface area contributed by atoms with Gasteiger partial charge in [0.2, 0.25) is 5.95 Å². The summed E-state index contributed by atoms with van der Waals surface area (Å²) in [5, 5.41) is 3.13. The first kappa shape index (κ1) is 10.7. The van der Waals surface area contributed by atoms with Crippen LogP contribution in [0.5, 0.6) is 0 Å². The predicted molar refractivity (Wildman–Crippen MR) is 65.3 cm³/mol. The Morgan fingerprint density at radius 3 is 2.87 bits per heavy atom. The van der Waals surface area contributed by atoms with Crippen LogP contribution >= 0.6 is 15.9 Å². The van der Waals surface area contributed by atoms with Gasteiger partial charge in [0.25, 0.3) is 0 Å². The lowest BCUT2D eigenvalue weighted by atomic mass is 10.4. The van der Waals surface area contributed by atoms with Gasteiger partial charge in [0.05, 0.1) is 4.47 Å². The molecular weight excluding hydrogens is 256 g/mol. The Bertz CT molecular complexity index is 336. The van der Waals surface area contributed by atoms with E-state index < -0.39 is 0 Å². The van der Waals surface area contributed by atoms with Gasteiger partial charge in [0.15, 0.2) is 0 Å². The molecule has 1 aliphatic heterocycles. The normalized spacial score (nSPS) is 15.7. The third-order valence-electron chi connectivity index (χ3n) is 2.47. The second-order valence-corrected chi connectivity index (χ2v) is 4.44. The SMILES string of the molecule is CCNc1ncc(Br)c(N2CCCC2)n1. The molecule has 1 saturated heterocycles. The van der Waals surface area contributed by atoms with Crippen LogP contribution in [0.1, 0.15) is 19.8 Å². The molecule has 1 aliphatic rings. The van der Waals surface area contributed by atoms with Crippen LogP contribution in [0, 0.1) is 0 Å². The third kappa shape index (κ3) is 2.40. The maximum atomic E-state index is 4.50. The third-order valence-corrected chi connectivity index (χ3v) is 3.03. The lowest BCUT2D eigenvalue weighted by Crippen LogP contribution is -2.20. The van der Waals surface area contributed by atoms with Crippen LogP contribution in [0.15, 0.2) is 10.7 Å². The molecule has 2 heterocycles. The number of hydrogen-bond donors (Lipinski definition) is 1. The van der Waals surface area contributed by atoms with Gasteiger partial charge in [0.1, 0.15) is 5.82 Å². The van der Waals surface area contributed by atoms with Gasteiger partial charge in [-0.25, -0.2) is 4.98 Å². The molecule has 0 radical (unpaired) electrons. The van der Waals surface area contributed by atoms with E-state index in [1.54, 1.807) is 0 Å². The lowest BCUT2D eigenvalue weighted by Gasteiger charge is -2.18. The van der Waals surface area contributed by atoms with E-state index in [-0.39, 0.29) is 0 Å². The maximum Gasteiger partial charge on any atom is 0.224 e. The number of hydrogen-bond acceptors (Lipinski definition) is 4. The van der Waals surface area contributed by atoms with Gasteiger partial charge in [-0.15, -0.1) is 0 Å². The van der Waals surface area contributed by atoms with Gasteiger partial charge >= 0.3 is 0 Å². The summed E-state index contributed by atoms with van der Waals surface area (Å²) in [7, 11) is 0. The molecule has 0 unspecified atom stereocenters. The van der Waals surface area contributed by atoms with Crippen molar-refractivity contribution < 1.29 is 0 Å². The smallest absolute Gasteiger partial charge is 0.224 e. The second-order valence-electron chi connectivity index (χ2n) is 3.59. The van der Waals surface area contributed by atoms with Gasteiger partial charge in [-0.1, -0.05) is 0 Å². The van der Waals surface area contributed by atoms with Crippen LogP contribution < -0.4 is 10.2 Å². The van der Waals surface area contributed by atoms with Crippen LogP contribution in [-0.2, 0) is 0 Å². The average Bonchev–Trinajstić information content (AvgIpc) is 2.74. The molecule has 1 fully saturated rings. The summed E-state index contributed by atoms with van der Waals surface area (Å²) in [6.45, 7) is 5.09. The van der Waals surface area contributed by atoms with Crippen molar-refractivity contribution in [3.05, 3.63) is 10.7 Å². The van der Waals surface area contributed by atoms with E-state index in [1.165, 1.54) is 12.8 Å². The van der Waals surface area contributed by atoms with E-state index in [2.05, 4.69) is 36.1 Å². The zero-order valence-corrected chi connectivity index (χ0v) is 10.4. The standard InChI is InChI=1S/C10H15BrN4/c1-2-12-10-13-7-8(11)9(14-10)15-5-3-4-6-15/h7H,2-6H2,1H3,(H,12,13,14). The molecule has 1 aromatic rings. The highest BCUT2D eigenvalue weighted by Crippen LogP contribution is 2.26. The van der Waals surface area contributed by atoms with E-state index >= 15 is 0 Å². The number of nitrogens with zero attached hydrogens (tertiary/aromatic N) is 3. The Morgan fingerprint density at radius 1 is 1.47 bits per heavy atom. The minimum Gasteiger partial charge on any atom is -0.356 e. The first-order valence-electron chi connectivity index (χ1n) is 5.32. The van der Waals surface area contributed by atoms with Crippen molar-refractivity contribution in [3.63, 3.8) is 0 Å². The molecule has 0 spiro atoms. The molecule has 1 N–H and O–H groups in total. The number of rotatable bonds is 3. The summed E-state index contributed by atoms with van der Waals surface area (Å²) in [5.41, 5.74) is 0. The molecule has 0 aromatic carbocycles. The fourth-order valence-corrected chi connectivity index (χ4v) is 2.19. The zero-order valence-electron chi connectivity index (χ0n) is 8.83. The predicted octanol–water partition coefficient (Wildman–Crippen LogP) is 2.27. The van der Waals surface area contributed by atoms with Crippen molar-refractivity contribution in [2.24, 2.45) is 0 Å². The fourth-order valence-electron chi connectivity index (χ4n) is 1.75. The van der Waals surface area contributed by atoms with Gasteiger partial charge in [-0.2, -0.15) is 4.98 Å². The molecule has 15 heavy (non-hydrogen) atoms. The number of nitrogens with one attached hydrogen (secondary N) is 1. The Kier molecular flexibility index (Phi) is 3.41. The minimum absolute atomic E-state index is 0.711. The summed E-state index contributed by atoms with van der Waals surface area (Å²) >= 11 is 3.50. The summed E-state index contributed by atoms with van der Waals surface area (Å²) in [6.07, 6.45) is 4.33. The van der Waals surface area contributed by atoms with Crippen LogP contribution in [-0.4, -0.2) is 29.6 Å². The van der Waals surface area contributed by atoms with E-state index in [9.17, 15) is 0 Å². The first-order chi connectivity index (χ1) is 7.31. The largest absolute Gasteiger partial charge is 0.356 e. The van der Waals surface area contributed by atoms with Crippen LogP contribution in [0.2, 0.25) is 0 Å². The molecule has 0 saturated carbocycles. The van der Waals surface area contributed by atoms with Crippen molar-refractivity contribution >= 4 is 27.7 Å². The van der Waals surface area contributed by atoms with E-state index in [0.29, 0.717) is 5.95 Å². The quantitative estimate of drug-likeness (QED) is 0.915. The second kappa shape index (κ2) is 4.79. The number of anilines is 2. The average molecular weight is 271 g/mol. The first-order valence-corrected chi connectivity index (χ1v) is 6.12. The molecular formula is C10H15BrN4. The summed E-state index contributed by atoms with van der Waals surface area (Å²) in [4.78, 5) is 11.0. The zero-order chi connectivity index (χ0) is 10.7. The summed E-state index contributed by atoms with van der Waals surface area (Å²) < 4.78 is 0.978. The van der Waals surface area contributed by atoms with Crippen molar-refractivity contribution in [1.29, 1.82) is 0 Å². The molecule has 4 nitrogen and oxygen atoms in total. The summed E-state index contributed by atoms with van der Waals surface area (Å²) in [5.74, 6) is 1.72. The topological polar surface area (TPSA) is 41.1 Å². The number of aromatic nitrogens is 2. The highest BCUT2D eigenvalue weighted by atomic mass is 79.9. The fraction of sp³-hybridized carbons (Fsp3) is 0.600. The molecule has 2 rings (SSSR count). The highest BCUT2D eigenvalue weighted by molar-refractivity contribution is 9.10. The van der Waals surface area contributed by atoms with E-state index in [0.717, 1.165) is 29.9 Å². The maximum absolute atomic E-state index is 4.50. The molecule has 0 amide bonds. The molecule has 0 atom stereocenters. The summed E-state index contributed by atoms with van der Waals surface area (Å²) in [6, 6.07) is 0. The highest BCUT2D eigenvalue weighted by Gasteiger charge is 2.17. The molecule has 1 aromatic heterocycles. The van der Waals surface area contributed by atoms with Gasteiger partial charge in [0, 0.05) is 25.8 Å². The van der Waals surface area contributed by atoms with Gasteiger partial charge in [-0.3, -0.25) is 0 Å². The number of halogens is 1. The van der Waals surface area contributed by atoms with Gasteiger partial charge < -0.3 is 10.2 Å². The Labute approximate surface area is 98.2 Å². The Hall–Kier alpha value is -0.840. The molecule has 82 valence electrons. The van der Waals surface area contributed by atoms with Crippen molar-refractivity contribution in [3.8, 4) is 0 Å². The van der Waals surface area contributed by atoms with Crippen LogP contribution in [0.4, 0.5) is 11.8 Å². The van der Waals surface area contributed by atoms with Crippen molar-refractivity contribution in [2.75, 3.05) is 29.9 Å². The van der Waals surface area contributed by atoms with Gasteiger partial charge in [-0.05, 0) is 35.7 Å². The monoisotopic (exact) mass is 270 g/mol. The Balaban J connectivity index is 2.23. The molecule has 0 bridgehead atoms.